The summed E-state index contributed by atoms with van der Waals surface area (Å²) in [6.45, 7) is 0.277. The fourth-order valence-corrected chi connectivity index (χ4v) is 1.06. The van der Waals surface area contributed by atoms with Gasteiger partial charge in [0, 0.05) is 12.6 Å². The van der Waals surface area contributed by atoms with Crippen molar-refractivity contribution in [3.63, 3.8) is 0 Å². The molecule has 0 aromatic carbocycles. The first-order valence-corrected chi connectivity index (χ1v) is 4.37. The standard InChI is InChI=1S/C8H16N2O4/c9-4-6(10)2-1-5(8(13)14)3-7(11)12/h5-6H,1-4,9-10H2,(H,11,12)(H,13,14)/t5-,6+/m0/s1. The molecule has 0 aromatic rings. The molecule has 0 aliphatic heterocycles. The van der Waals surface area contributed by atoms with Gasteiger partial charge in [-0.05, 0) is 12.8 Å². The monoisotopic (exact) mass is 204 g/mol. The zero-order valence-electron chi connectivity index (χ0n) is 7.85. The molecule has 2 atom stereocenters. The summed E-state index contributed by atoms with van der Waals surface area (Å²) in [5.41, 5.74) is 10.7. The fraction of sp³-hybridized carbons (Fsp3) is 0.750. The summed E-state index contributed by atoms with van der Waals surface area (Å²) >= 11 is 0. The van der Waals surface area contributed by atoms with Crippen molar-refractivity contribution in [2.45, 2.75) is 25.3 Å². The van der Waals surface area contributed by atoms with E-state index in [9.17, 15) is 9.59 Å². The number of hydrogen-bond donors (Lipinski definition) is 4. The van der Waals surface area contributed by atoms with E-state index in [1.807, 2.05) is 0 Å². The van der Waals surface area contributed by atoms with Gasteiger partial charge >= 0.3 is 11.9 Å². The van der Waals surface area contributed by atoms with Crippen LogP contribution in [-0.4, -0.2) is 34.7 Å². The van der Waals surface area contributed by atoms with Crippen LogP contribution in [0.1, 0.15) is 19.3 Å². The molecule has 14 heavy (non-hydrogen) atoms. The second-order valence-electron chi connectivity index (χ2n) is 3.21. The minimum Gasteiger partial charge on any atom is -0.481 e. The van der Waals surface area contributed by atoms with Crippen molar-refractivity contribution in [2.24, 2.45) is 17.4 Å². The van der Waals surface area contributed by atoms with E-state index in [1.165, 1.54) is 0 Å². The number of aliphatic carboxylic acids is 2. The first-order chi connectivity index (χ1) is 6.47. The molecule has 6 N–H and O–H groups in total. The Morgan fingerprint density at radius 2 is 1.79 bits per heavy atom. The number of rotatable bonds is 7. The highest BCUT2D eigenvalue weighted by molar-refractivity contribution is 5.77. The van der Waals surface area contributed by atoms with Gasteiger partial charge in [-0.2, -0.15) is 0 Å². The lowest BCUT2D eigenvalue weighted by Crippen LogP contribution is -2.31. The third-order valence-corrected chi connectivity index (χ3v) is 1.96. The fourth-order valence-electron chi connectivity index (χ4n) is 1.06. The molecule has 0 saturated carbocycles. The van der Waals surface area contributed by atoms with E-state index in [4.69, 9.17) is 21.7 Å². The molecule has 82 valence electrons. The number of carboxylic acid groups (broad SMARTS) is 2. The molecule has 0 unspecified atom stereocenters. The van der Waals surface area contributed by atoms with Gasteiger partial charge in [0.25, 0.3) is 0 Å². The van der Waals surface area contributed by atoms with Crippen molar-refractivity contribution in [1.29, 1.82) is 0 Å². The van der Waals surface area contributed by atoms with E-state index in [0.29, 0.717) is 6.42 Å². The van der Waals surface area contributed by atoms with Gasteiger partial charge in [-0.1, -0.05) is 0 Å². The summed E-state index contributed by atoms with van der Waals surface area (Å²) < 4.78 is 0. The minimum atomic E-state index is -1.11. The maximum absolute atomic E-state index is 10.6. The van der Waals surface area contributed by atoms with Crippen LogP contribution in [0.25, 0.3) is 0 Å². The largest absolute Gasteiger partial charge is 0.481 e. The Bertz CT molecular complexity index is 208. The van der Waals surface area contributed by atoms with Crippen LogP contribution in [0.2, 0.25) is 0 Å². The third kappa shape index (κ3) is 5.50. The summed E-state index contributed by atoms with van der Waals surface area (Å²) in [6.07, 6.45) is 0.313. The van der Waals surface area contributed by atoms with Crippen molar-refractivity contribution in [3.05, 3.63) is 0 Å². The Morgan fingerprint density at radius 3 is 2.14 bits per heavy atom. The SMILES string of the molecule is NC[C@H](N)CC[C@@H](CC(=O)O)C(=O)O. The van der Waals surface area contributed by atoms with Gasteiger partial charge in [0.1, 0.15) is 0 Å². The van der Waals surface area contributed by atoms with E-state index in [1.54, 1.807) is 0 Å². The minimum absolute atomic E-state index is 0.250. The molecule has 0 saturated heterocycles. The van der Waals surface area contributed by atoms with E-state index >= 15 is 0 Å². The third-order valence-electron chi connectivity index (χ3n) is 1.96. The molecule has 0 amide bonds. The number of carboxylic acids is 2. The molecule has 0 spiro atoms. The van der Waals surface area contributed by atoms with E-state index in [0.717, 1.165) is 0 Å². The molecule has 0 aromatic heterocycles. The lowest BCUT2D eigenvalue weighted by molar-refractivity contribution is -0.148. The van der Waals surface area contributed by atoms with Gasteiger partial charge in [0.2, 0.25) is 0 Å². The molecule has 0 bridgehead atoms. The predicted molar refractivity (Wildman–Crippen MR) is 49.6 cm³/mol. The smallest absolute Gasteiger partial charge is 0.307 e. The van der Waals surface area contributed by atoms with Gasteiger partial charge < -0.3 is 21.7 Å². The van der Waals surface area contributed by atoms with Crippen molar-refractivity contribution in [2.75, 3.05) is 6.54 Å². The quantitative estimate of drug-likeness (QED) is 0.431. The van der Waals surface area contributed by atoms with Crippen LogP contribution >= 0.6 is 0 Å². The maximum Gasteiger partial charge on any atom is 0.307 e. The Kier molecular flexibility index (Phi) is 5.82. The Morgan fingerprint density at radius 1 is 1.21 bits per heavy atom. The van der Waals surface area contributed by atoms with Crippen LogP contribution < -0.4 is 11.5 Å². The lowest BCUT2D eigenvalue weighted by atomic mass is 9.97. The molecule has 6 nitrogen and oxygen atoms in total. The van der Waals surface area contributed by atoms with Gasteiger partial charge in [0.15, 0.2) is 0 Å². The summed E-state index contributed by atoms with van der Waals surface area (Å²) in [4.78, 5) is 20.9. The average Bonchev–Trinajstić information content (AvgIpc) is 2.10. The Labute approximate surface area is 81.9 Å². The summed E-state index contributed by atoms with van der Waals surface area (Å²) in [6, 6.07) is -0.259. The maximum atomic E-state index is 10.6. The molecule has 6 heteroatoms. The molecular weight excluding hydrogens is 188 g/mol. The second kappa shape index (κ2) is 6.33. The highest BCUT2D eigenvalue weighted by Crippen LogP contribution is 2.12. The zero-order chi connectivity index (χ0) is 11.1. The number of nitrogens with two attached hydrogens (primary N) is 2. The highest BCUT2D eigenvalue weighted by Gasteiger charge is 2.21. The Hall–Kier alpha value is -1.14. The van der Waals surface area contributed by atoms with Gasteiger partial charge in [-0.25, -0.2) is 0 Å². The van der Waals surface area contributed by atoms with Gasteiger partial charge in [-0.3, -0.25) is 9.59 Å². The first-order valence-electron chi connectivity index (χ1n) is 4.37. The van der Waals surface area contributed by atoms with Gasteiger partial charge in [-0.15, -0.1) is 0 Å². The zero-order valence-corrected chi connectivity index (χ0v) is 7.85. The van der Waals surface area contributed by atoms with Crippen LogP contribution in [0, 0.1) is 5.92 Å². The second-order valence-corrected chi connectivity index (χ2v) is 3.21. The topological polar surface area (TPSA) is 127 Å². The highest BCUT2D eigenvalue weighted by atomic mass is 16.4. The predicted octanol–water partition coefficient (Wildman–Crippen LogP) is -0.772. The summed E-state index contributed by atoms with van der Waals surface area (Å²) in [5.74, 6) is -3.08. The number of carbonyl (C=O) groups is 2. The van der Waals surface area contributed by atoms with Crippen LogP contribution in [0.5, 0.6) is 0 Å². The molecule has 0 aliphatic carbocycles. The van der Waals surface area contributed by atoms with Crippen LogP contribution in [0.3, 0.4) is 0 Å². The van der Waals surface area contributed by atoms with Crippen molar-refractivity contribution in [3.8, 4) is 0 Å². The molecule has 0 heterocycles. The molecule has 0 radical (unpaired) electrons. The van der Waals surface area contributed by atoms with Gasteiger partial charge in [0.05, 0.1) is 12.3 Å². The molecule has 0 fully saturated rings. The van der Waals surface area contributed by atoms with E-state index < -0.39 is 17.9 Å². The summed E-state index contributed by atoms with van der Waals surface area (Å²) in [7, 11) is 0. The van der Waals surface area contributed by atoms with Crippen LogP contribution in [0.4, 0.5) is 0 Å². The number of hydrogen-bond acceptors (Lipinski definition) is 4. The average molecular weight is 204 g/mol. The van der Waals surface area contributed by atoms with Crippen molar-refractivity contribution in [1.82, 2.24) is 0 Å². The molecule has 0 rings (SSSR count). The van der Waals surface area contributed by atoms with Crippen LogP contribution in [-0.2, 0) is 9.59 Å². The Balaban J connectivity index is 3.97. The molecular formula is C8H16N2O4. The summed E-state index contributed by atoms with van der Waals surface area (Å²) in [5, 5.41) is 17.1. The van der Waals surface area contributed by atoms with E-state index in [-0.39, 0.29) is 25.4 Å². The van der Waals surface area contributed by atoms with Crippen molar-refractivity contribution >= 4 is 11.9 Å². The van der Waals surface area contributed by atoms with Crippen LogP contribution in [0.15, 0.2) is 0 Å². The lowest BCUT2D eigenvalue weighted by Gasteiger charge is -2.12. The molecule has 0 aliphatic rings. The van der Waals surface area contributed by atoms with Crippen molar-refractivity contribution < 1.29 is 19.8 Å². The normalized spacial score (nSPS) is 14.7. The first kappa shape index (κ1) is 12.9. The van der Waals surface area contributed by atoms with E-state index in [2.05, 4.69) is 0 Å².